The quantitative estimate of drug-likeness (QED) is 0.765. The van der Waals surface area contributed by atoms with Gasteiger partial charge in [-0.2, -0.15) is 0 Å². The minimum absolute atomic E-state index is 0.122. The molecule has 2 rings (SSSR count). The van der Waals surface area contributed by atoms with Gasteiger partial charge < -0.3 is 14.8 Å². The Labute approximate surface area is 116 Å². The second-order valence-electron chi connectivity index (χ2n) is 5.39. The Morgan fingerprint density at radius 2 is 2.05 bits per heavy atom. The molecule has 1 aromatic rings. The van der Waals surface area contributed by atoms with Gasteiger partial charge in [0.2, 0.25) is 0 Å². The smallest absolute Gasteiger partial charge is 0.0587 e. The van der Waals surface area contributed by atoms with E-state index in [9.17, 15) is 0 Å². The van der Waals surface area contributed by atoms with E-state index in [1.807, 2.05) is 0 Å². The predicted octanol–water partition coefficient (Wildman–Crippen LogP) is 2.14. The summed E-state index contributed by atoms with van der Waals surface area (Å²) >= 11 is 0. The molecule has 0 heterocycles. The van der Waals surface area contributed by atoms with Crippen molar-refractivity contribution in [1.82, 2.24) is 5.32 Å². The Balaban J connectivity index is 2.15. The van der Waals surface area contributed by atoms with Crippen molar-refractivity contribution in [2.24, 2.45) is 0 Å². The topological polar surface area (TPSA) is 30.5 Å². The fourth-order valence-electron chi connectivity index (χ4n) is 3.17. The maximum atomic E-state index is 5.53. The molecule has 1 aromatic carbocycles. The van der Waals surface area contributed by atoms with Crippen molar-refractivity contribution < 1.29 is 9.47 Å². The number of nitrogens with one attached hydrogen (secondary N) is 1. The van der Waals surface area contributed by atoms with Crippen LogP contribution in [0.3, 0.4) is 0 Å². The molecular weight excluding hydrogens is 238 g/mol. The lowest BCUT2D eigenvalue weighted by Crippen LogP contribution is -2.45. The second-order valence-corrected chi connectivity index (χ2v) is 5.39. The van der Waals surface area contributed by atoms with Gasteiger partial charge in [0.05, 0.1) is 13.2 Å². The van der Waals surface area contributed by atoms with E-state index in [0.29, 0.717) is 0 Å². The first kappa shape index (κ1) is 14.5. The Morgan fingerprint density at radius 1 is 1.21 bits per heavy atom. The van der Waals surface area contributed by atoms with Gasteiger partial charge >= 0.3 is 0 Å². The molecule has 1 N–H and O–H groups in total. The largest absolute Gasteiger partial charge is 0.384 e. The fourth-order valence-corrected chi connectivity index (χ4v) is 3.17. The molecule has 0 spiro atoms. The van der Waals surface area contributed by atoms with Crippen LogP contribution in [-0.4, -0.2) is 40.5 Å². The summed E-state index contributed by atoms with van der Waals surface area (Å²) in [6.45, 7) is 3.39. The summed E-state index contributed by atoms with van der Waals surface area (Å²) in [6, 6.07) is 8.81. The fraction of sp³-hybridized carbons (Fsp3) is 0.625. The average molecular weight is 263 g/mol. The Morgan fingerprint density at radius 3 is 2.84 bits per heavy atom. The molecule has 0 saturated carbocycles. The van der Waals surface area contributed by atoms with Crippen LogP contribution in [0.5, 0.6) is 0 Å². The van der Waals surface area contributed by atoms with E-state index in [4.69, 9.17) is 9.47 Å². The summed E-state index contributed by atoms with van der Waals surface area (Å²) in [5.74, 6) is 0. The van der Waals surface area contributed by atoms with Gasteiger partial charge in [0.25, 0.3) is 0 Å². The molecule has 1 unspecified atom stereocenters. The van der Waals surface area contributed by atoms with Crippen molar-refractivity contribution in [2.75, 3.05) is 40.5 Å². The van der Waals surface area contributed by atoms with E-state index < -0.39 is 0 Å². The van der Waals surface area contributed by atoms with Crippen LogP contribution in [0.1, 0.15) is 24.0 Å². The van der Waals surface area contributed by atoms with E-state index in [2.05, 4.69) is 29.6 Å². The van der Waals surface area contributed by atoms with Gasteiger partial charge in [0.15, 0.2) is 0 Å². The van der Waals surface area contributed by atoms with Crippen molar-refractivity contribution in [3.63, 3.8) is 0 Å². The highest BCUT2D eigenvalue weighted by Crippen LogP contribution is 2.37. The van der Waals surface area contributed by atoms with Gasteiger partial charge in [0.1, 0.15) is 0 Å². The van der Waals surface area contributed by atoms with Crippen LogP contribution in [-0.2, 0) is 21.3 Å². The molecule has 1 atom stereocenters. The molecule has 0 aliphatic heterocycles. The van der Waals surface area contributed by atoms with E-state index in [-0.39, 0.29) is 5.41 Å². The zero-order valence-electron chi connectivity index (χ0n) is 12.1. The van der Waals surface area contributed by atoms with Crippen molar-refractivity contribution in [2.45, 2.75) is 24.7 Å². The molecule has 3 nitrogen and oxygen atoms in total. The van der Waals surface area contributed by atoms with Crippen LogP contribution >= 0.6 is 0 Å². The van der Waals surface area contributed by atoms with Gasteiger partial charge in [-0.25, -0.2) is 0 Å². The lowest BCUT2D eigenvalue weighted by molar-refractivity contribution is 0.113. The molecule has 0 aromatic heterocycles. The maximum Gasteiger partial charge on any atom is 0.0587 e. The first-order chi connectivity index (χ1) is 9.32. The van der Waals surface area contributed by atoms with Gasteiger partial charge in [-0.3, -0.25) is 0 Å². The van der Waals surface area contributed by atoms with Crippen molar-refractivity contribution in [3.8, 4) is 0 Å². The lowest BCUT2D eigenvalue weighted by Gasteiger charge is -2.39. The molecule has 0 bridgehead atoms. The minimum Gasteiger partial charge on any atom is -0.384 e. The summed E-state index contributed by atoms with van der Waals surface area (Å²) in [6.07, 6.45) is 3.63. The van der Waals surface area contributed by atoms with Crippen LogP contribution < -0.4 is 5.32 Å². The Hall–Kier alpha value is -0.900. The van der Waals surface area contributed by atoms with Crippen LogP contribution in [0.15, 0.2) is 24.3 Å². The van der Waals surface area contributed by atoms with E-state index in [0.717, 1.165) is 26.3 Å². The van der Waals surface area contributed by atoms with Crippen molar-refractivity contribution >= 4 is 0 Å². The lowest BCUT2D eigenvalue weighted by atomic mass is 9.70. The summed E-state index contributed by atoms with van der Waals surface area (Å²) in [7, 11) is 3.54. The molecule has 0 amide bonds. The summed E-state index contributed by atoms with van der Waals surface area (Å²) < 4.78 is 10.6. The summed E-state index contributed by atoms with van der Waals surface area (Å²) in [4.78, 5) is 0. The Kier molecular flexibility index (Phi) is 5.37. The third kappa shape index (κ3) is 3.35. The van der Waals surface area contributed by atoms with Crippen molar-refractivity contribution in [3.05, 3.63) is 35.4 Å². The number of hydrogen-bond donors (Lipinski definition) is 1. The summed E-state index contributed by atoms with van der Waals surface area (Å²) in [5.41, 5.74) is 3.07. The van der Waals surface area contributed by atoms with Crippen LogP contribution in [0.4, 0.5) is 0 Å². The van der Waals surface area contributed by atoms with Gasteiger partial charge in [0, 0.05) is 32.7 Å². The predicted molar refractivity (Wildman–Crippen MR) is 77.7 cm³/mol. The van der Waals surface area contributed by atoms with E-state index >= 15 is 0 Å². The average Bonchev–Trinajstić information content (AvgIpc) is 2.45. The van der Waals surface area contributed by atoms with E-state index in [1.54, 1.807) is 14.2 Å². The number of aryl methyl sites for hydroxylation is 1. The molecule has 3 heteroatoms. The van der Waals surface area contributed by atoms with Gasteiger partial charge in [-0.05, 0) is 30.4 Å². The molecule has 0 radical (unpaired) electrons. The number of rotatable bonds is 7. The standard InChI is InChI=1S/C16H25NO2/c1-18-11-10-17-12-16(13-19-2)9-5-7-14-6-3-4-8-15(14)16/h3-4,6,8,17H,5,7,9-13H2,1-2H3. The monoisotopic (exact) mass is 263 g/mol. The van der Waals surface area contributed by atoms with Crippen molar-refractivity contribution in [1.29, 1.82) is 0 Å². The third-order valence-corrected chi connectivity index (χ3v) is 4.06. The highest BCUT2D eigenvalue weighted by Gasteiger charge is 2.36. The second kappa shape index (κ2) is 7.04. The highest BCUT2D eigenvalue weighted by atomic mass is 16.5. The zero-order valence-corrected chi connectivity index (χ0v) is 12.1. The minimum atomic E-state index is 0.122. The van der Waals surface area contributed by atoms with E-state index in [1.165, 1.54) is 30.4 Å². The SMILES string of the molecule is COCCNCC1(COC)CCCc2ccccc21. The number of fused-ring (bicyclic) bond motifs is 1. The van der Waals surface area contributed by atoms with Crippen LogP contribution in [0.2, 0.25) is 0 Å². The Bertz CT molecular complexity index is 394. The summed E-state index contributed by atoms with van der Waals surface area (Å²) in [5, 5.41) is 3.52. The molecule has 19 heavy (non-hydrogen) atoms. The molecule has 1 aliphatic carbocycles. The molecule has 106 valence electrons. The first-order valence-corrected chi connectivity index (χ1v) is 7.09. The molecule has 0 fully saturated rings. The van der Waals surface area contributed by atoms with Crippen LogP contribution in [0.25, 0.3) is 0 Å². The maximum absolute atomic E-state index is 5.53. The molecule has 1 aliphatic rings. The third-order valence-electron chi connectivity index (χ3n) is 4.06. The zero-order chi connectivity index (χ0) is 13.6. The highest BCUT2D eigenvalue weighted by molar-refractivity contribution is 5.37. The van der Waals surface area contributed by atoms with Crippen LogP contribution in [0, 0.1) is 0 Å². The van der Waals surface area contributed by atoms with Gasteiger partial charge in [-0.1, -0.05) is 24.3 Å². The number of ether oxygens (including phenoxy) is 2. The molecular formula is C16H25NO2. The number of benzene rings is 1. The van der Waals surface area contributed by atoms with Gasteiger partial charge in [-0.15, -0.1) is 0 Å². The first-order valence-electron chi connectivity index (χ1n) is 7.09. The number of methoxy groups -OCH3 is 2. The number of hydrogen-bond acceptors (Lipinski definition) is 3. The molecule has 0 saturated heterocycles. The normalized spacial score (nSPS) is 22.2.